The summed E-state index contributed by atoms with van der Waals surface area (Å²) < 4.78 is 61.5. The smallest absolute Gasteiger partial charge is 0.481 e. The van der Waals surface area contributed by atoms with Crippen molar-refractivity contribution in [1.29, 1.82) is 0 Å². The van der Waals surface area contributed by atoms with E-state index >= 15 is 0 Å². The second-order valence-corrected chi connectivity index (χ2v) is 6.64. The maximum atomic E-state index is 14.6. The van der Waals surface area contributed by atoms with Crippen molar-refractivity contribution in [3.8, 4) is 11.5 Å². The lowest BCUT2D eigenvalue weighted by Gasteiger charge is -2.19. The predicted molar refractivity (Wildman–Crippen MR) is 98.7 cm³/mol. The molecule has 28 heavy (non-hydrogen) atoms. The predicted octanol–water partition coefficient (Wildman–Crippen LogP) is 4.87. The van der Waals surface area contributed by atoms with Gasteiger partial charge in [0.2, 0.25) is 0 Å². The third-order valence-electron chi connectivity index (χ3n) is 3.22. The van der Waals surface area contributed by atoms with E-state index in [1.807, 2.05) is 0 Å². The van der Waals surface area contributed by atoms with Crippen LogP contribution in [0.25, 0.3) is 0 Å². The van der Waals surface area contributed by atoms with E-state index in [1.54, 1.807) is 24.3 Å². The molecule has 0 fully saturated rings. The summed E-state index contributed by atoms with van der Waals surface area (Å²) in [6.45, 7) is -1.07. The Kier molecular flexibility index (Phi) is 7.19. The van der Waals surface area contributed by atoms with Crippen LogP contribution in [-0.4, -0.2) is 34.2 Å². The summed E-state index contributed by atoms with van der Waals surface area (Å²) in [6, 6.07) is 9.40. The molecular weight excluding hydrogens is 470 g/mol. The van der Waals surface area contributed by atoms with Gasteiger partial charge < -0.3 is 14.6 Å². The number of hydrogen-bond acceptors (Lipinski definition) is 4. The Hall–Kier alpha value is -2.40. The van der Waals surface area contributed by atoms with E-state index in [-0.39, 0.29) is 23.0 Å². The lowest BCUT2D eigenvalue weighted by atomic mass is 10.1. The molecule has 0 bridgehead atoms. The van der Waals surface area contributed by atoms with Gasteiger partial charge in [-0.25, -0.2) is 4.79 Å². The summed E-state index contributed by atoms with van der Waals surface area (Å²) >= 11 is 8.26. The highest BCUT2D eigenvalue weighted by Crippen LogP contribution is 2.30. The topological polar surface area (TPSA) is 59.0 Å². The SMILES string of the molecule is O=C(O)COc1ccc(OC(F)(F)F)cc1C(=S)N(F)Cc1ccc(Br)cc1. The molecule has 0 unspecified atom stereocenters. The zero-order valence-corrected chi connectivity index (χ0v) is 16.3. The van der Waals surface area contributed by atoms with Gasteiger partial charge in [0, 0.05) is 4.47 Å². The quantitative estimate of drug-likeness (QED) is 0.345. The third-order valence-corrected chi connectivity index (χ3v) is 4.17. The second-order valence-electron chi connectivity index (χ2n) is 5.34. The molecule has 0 radical (unpaired) electrons. The van der Waals surface area contributed by atoms with E-state index in [4.69, 9.17) is 22.1 Å². The lowest BCUT2D eigenvalue weighted by molar-refractivity contribution is -0.274. The first kappa shape index (κ1) is 21.9. The Balaban J connectivity index is 2.28. The monoisotopic (exact) mass is 481 g/mol. The number of halogens is 5. The molecule has 0 aliphatic heterocycles. The summed E-state index contributed by atoms with van der Waals surface area (Å²) in [5.74, 6) is -2.16. The summed E-state index contributed by atoms with van der Waals surface area (Å²) in [5.41, 5.74) is 0.293. The van der Waals surface area contributed by atoms with Crippen LogP contribution >= 0.6 is 28.1 Å². The molecule has 0 saturated heterocycles. The number of carboxylic acid groups (broad SMARTS) is 1. The lowest BCUT2D eigenvalue weighted by Crippen LogP contribution is -2.23. The zero-order valence-electron chi connectivity index (χ0n) is 13.9. The molecule has 0 amide bonds. The Morgan fingerprint density at radius 2 is 1.82 bits per heavy atom. The molecule has 0 saturated carbocycles. The van der Waals surface area contributed by atoms with E-state index in [2.05, 4.69) is 20.7 Å². The molecule has 0 heterocycles. The molecule has 5 nitrogen and oxygen atoms in total. The van der Waals surface area contributed by atoms with Crippen molar-refractivity contribution in [3.63, 3.8) is 0 Å². The molecular formula is C17H12BrF4NO4S. The molecule has 0 spiro atoms. The van der Waals surface area contributed by atoms with Gasteiger partial charge in [-0.2, -0.15) is 5.12 Å². The van der Waals surface area contributed by atoms with Gasteiger partial charge >= 0.3 is 12.3 Å². The molecule has 2 aromatic carbocycles. The third kappa shape index (κ3) is 6.64. The summed E-state index contributed by atoms with van der Waals surface area (Å²) in [6.07, 6.45) is -4.96. The summed E-state index contributed by atoms with van der Waals surface area (Å²) in [7, 11) is 0. The van der Waals surface area contributed by atoms with Crippen LogP contribution in [0.4, 0.5) is 17.7 Å². The molecule has 2 aromatic rings. The molecule has 0 aromatic heterocycles. The number of nitrogens with zero attached hydrogens (tertiary/aromatic N) is 1. The number of ether oxygens (including phenoxy) is 2. The van der Waals surface area contributed by atoms with Gasteiger partial charge in [0.1, 0.15) is 16.5 Å². The zero-order chi connectivity index (χ0) is 20.9. The first-order valence-corrected chi connectivity index (χ1v) is 8.72. The molecule has 0 atom stereocenters. The van der Waals surface area contributed by atoms with Gasteiger partial charge in [0.25, 0.3) is 0 Å². The number of thiocarbonyl (C=S) groups is 1. The van der Waals surface area contributed by atoms with Crippen molar-refractivity contribution in [2.24, 2.45) is 0 Å². The highest BCUT2D eigenvalue weighted by molar-refractivity contribution is 9.10. The first-order chi connectivity index (χ1) is 13.0. The van der Waals surface area contributed by atoms with E-state index < -0.39 is 29.7 Å². The van der Waals surface area contributed by atoms with E-state index in [9.17, 15) is 22.4 Å². The van der Waals surface area contributed by atoms with Crippen molar-refractivity contribution in [2.75, 3.05) is 6.61 Å². The number of carboxylic acids is 1. The molecule has 2 rings (SSSR count). The summed E-state index contributed by atoms with van der Waals surface area (Å²) in [5, 5.41) is 8.86. The average Bonchev–Trinajstić information content (AvgIpc) is 2.60. The van der Waals surface area contributed by atoms with Crippen molar-refractivity contribution in [2.45, 2.75) is 12.9 Å². The minimum atomic E-state index is -4.96. The highest BCUT2D eigenvalue weighted by Gasteiger charge is 2.31. The van der Waals surface area contributed by atoms with Gasteiger partial charge in [0.15, 0.2) is 6.61 Å². The number of alkyl halides is 3. The van der Waals surface area contributed by atoms with Crippen LogP contribution in [0, 0.1) is 0 Å². The highest BCUT2D eigenvalue weighted by atomic mass is 79.9. The molecule has 11 heteroatoms. The van der Waals surface area contributed by atoms with Gasteiger partial charge in [-0.15, -0.1) is 13.2 Å². The first-order valence-electron chi connectivity index (χ1n) is 7.51. The van der Waals surface area contributed by atoms with Crippen LogP contribution in [0.3, 0.4) is 0 Å². The van der Waals surface area contributed by atoms with E-state index in [1.165, 1.54) is 0 Å². The number of aliphatic carboxylic acids is 1. The second kappa shape index (κ2) is 9.20. The van der Waals surface area contributed by atoms with Crippen molar-refractivity contribution < 1.29 is 37.0 Å². The van der Waals surface area contributed by atoms with Crippen molar-refractivity contribution in [3.05, 3.63) is 58.1 Å². The maximum Gasteiger partial charge on any atom is 0.573 e. The summed E-state index contributed by atoms with van der Waals surface area (Å²) in [4.78, 5) is 10.2. The minimum Gasteiger partial charge on any atom is -0.481 e. The van der Waals surface area contributed by atoms with Gasteiger partial charge in [-0.3, -0.25) is 0 Å². The van der Waals surface area contributed by atoms with Crippen LogP contribution < -0.4 is 9.47 Å². The minimum absolute atomic E-state index is 0.138. The fourth-order valence-corrected chi connectivity index (χ4v) is 2.58. The van der Waals surface area contributed by atoms with Crippen molar-refractivity contribution >= 4 is 39.1 Å². The van der Waals surface area contributed by atoms with E-state index in [0.29, 0.717) is 5.56 Å². The van der Waals surface area contributed by atoms with E-state index in [0.717, 1.165) is 22.7 Å². The van der Waals surface area contributed by atoms with Crippen LogP contribution in [0.15, 0.2) is 46.9 Å². The molecule has 0 aliphatic carbocycles. The fourth-order valence-electron chi connectivity index (χ4n) is 2.09. The van der Waals surface area contributed by atoms with Crippen molar-refractivity contribution in [1.82, 2.24) is 5.12 Å². The van der Waals surface area contributed by atoms with Gasteiger partial charge in [-0.1, -0.05) is 44.8 Å². The number of rotatable bonds is 7. The maximum absolute atomic E-state index is 14.6. The Morgan fingerprint density at radius 3 is 2.39 bits per heavy atom. The standard InChI is InChI=1S/C17H12BrF4NO4S/c18-11-3-1-10(2-4-11)8-23(22)16(28)13-7-12(27-17(19,20)21)5-6-14(13)26-9-15(24)25/h1-7H,8-9H2,(H,24,25). The average molecular weight is 482 g/mol. The number of benzene rings is 2. The van der Waals surface area contributed by atoms with Crippen LogP contribution in [0.2, 0.25) is 0 Å². The van der Waals surface area contributed by atoms with Gasteiger partial charge in [0.05, 0.1) is 12.1 Å². The Labute approximate surface area is 170 Å². The molecule has 150 valence electrons. The van der Waals surface area contributed by atoms with Crippen LogP contribution in [-0.2, 0) is 11.3 Å². The number of carbonyl (C=O) groups is 1. The fraction of sp³-hybridized carbons (Fsp3) is 0.176. The Bertz CT molecular complexity index is 861. The normalized spacial score (nSPS) is 11.0. The Morgan fingerprint density at radius 1 is 1.18 bits per heavy atom. The van der Waals surface area contributed by atoms with Gasteiger partial charge in [-0.05, 0) is 35.9 Å². The largest absolute Gasteiger partial charge is 0.573 e. The van der Waals surface area contributed by atoms with Crippen LogP contribution in [0.1, 0.15) is 11.1 Å². The molecule has 1 N–H and O–H groups in total. The number of hydrogen-bond donors (Lipinski definition) is 1. The molecule has 0 aliphatic rings. The van der Waals surface area contributed by atoms with Crippen LogP contribution in [0.5, 0.6) is 11.5 Å².